The number of hydrogen-bond acceptors (Lipinski definition) is 7. The summed E-state index contributed by atoms with van der Waals surface area (Å²) in [6, 6.07) is 14.9. The van der Waals surface area contributed by atoms with E-state index in [1.54, 1.807) is 11.9 Å². The Bertz CT molecular complexity index is 2140. The lowest BCUT2D eigenvalue weighted by Gasteiger charge is -2.21. The summed E-state index contributed by atoms with van der Waals surface area (Å²) in [7, 11) is 3.05. The van der Waals surface area contributed by atoms with Gasteiger partial charge in [-0.15, -0.1) is 0 Å². The first-order valence-corrected chi connectivity index (χ1v) is 16.9. The molecular formula is C37H44N8O4. The molecule has 0 radical (unpaired) electrons. The fraction of sp³-hybridized carbons (Fsp3) is 0.378. The van der Waals surface area contributed by atoms with Gasteiger partial charge in [-0.3, -0.25) is 9.59 Å². The summed E-state index contributed by atoms with van der Waals surface area (Å²) in [4.78, 5) is 57.1. The summed E-state index contributed by atoms with van der Waals surface area (Å²) in [5.74, 6) is 1.56. The minimum absolute atomic E-state index is 0.0652. The highest BCUT2D eigenvalue weighted by Gasteiger charge is 2.19. The molecule has 4 N–H and O–H groups in total. The van der Waals surface area contributed by atoms with E-state index in [1.807, 2.05) is 17.9 Å². The van der Waals surface area contributed by atoms with Crippen molar-refractivity contribution in [2.45, 2.75) is 52.1 Å². The number of methoxy groups -OCH3 is 1. The molecule has 0 saturated heterocycles. The van der Waals surface area contributed by atoms with Crippen LogP contribution in [0.3, 0.4) is 0 Å². The Hall–Kier alpha value is -5.23. The number of hydrogen-bond donors (Lipinski definition) is 4. The lowest BCUT2D eigenvalue weighted by atomic mass is 9.89. The normalized spacial score (nSPS) is 13.9. The molecule has 5 aromatic rings. The van der Waals surface area contributed by atoms with Gasteiger partial charge in [0, 0.05) is 29.6 Å². The van der Waals surface area contributed by atoms with Crippen molar-refractivity contribution in [3.05, 3.63) is 70.1 Å². The number of amides is 3. The monoisotopic (exact) mass is 664 g/mol. The number of rotatable bonds is 13. The first kappa shape index (κ1) is 33.7. The number of benzene rings is 3. The SMILES string of the molecule is CCCN(Cc1nc2c3c(ccc2[nH]1)=CC(c1ccc2c(ccc4[nH]c(CN(CCC)C(=O)CNC(=O)OC)nc42)c1)CC=3)C(=O)CNC. The van der Waals surface area contributed by atoms with E-state index in [0.717, 1.165) is 68.4 Å². The third-order valence-electron chi connectivity index (χ3n) is 8.97. The van der Waals surface area contributed by atoms with Crippen molar-refractivity contribution in [1.29, 1.82) is 0 Å². The Morgan fingerprint density at radius 2 is 1.53 bits per heavy atom. The Morgan fingerprint density at radius 1 is 0.878 bits per heavy atom. The zero-order chi connectivity index (χ0) is 34.5. The lowest BCUT2D eigenvalue weighted by Crippen LogP contribution is -2.40. The Kier molecular flexibility index (Phi) is 10.2. The van der Waals surface area contributed by atoms with Crippen LogP contribution in [0.2, 0.25) is 0 Å². The molecule has 1 unspecified atom stereocenters. The molecule has 3 amide bonds. The van der Waals surface area contributed by atoms with Crippen LogP contribution in [0.25, 0.3) is 45.0 Å². The average Bonchev–Trinajstić information content (AvgIpc) is 3.73. The molecule has 0 bridgehead atoms. The number of aromatic nitrogens is 4. The highest BCUT2D eigenvalue weighted by Crippen LogP contribution is 2.30. The van der Waals surface area contributed by atoms with E-state index < -0.39 is 6.09 Å². The Labute approximate surface area is 284 Å². The molecule has 0 fully saturated rings. The number of aromatic amines is 2. The van der Waals surface area contributed by atoms with Crippen LogP contribution in [0.4, 0.5) is 4.79 Å². The number of H-pyrrole nitrogens is 2. The van der Waals surface area contributed by atoms with E-state index in [4.69, 9.17) is 9.97 Å². The van der Waals surface area contributed by atoms with Crippen LogP contribution in [0.15, 0.2) is 42.5 Å². The number of alkyl carbamates (subject to hydrolysis) is 1. The molecule has 1 atom stereocenters. The Balaban J connectivity index is 1.22. The maximum atomic E-state index is 12.8. The van der Waals surface area contributed by atoms with E-state index in [9.17, 15) is 14.4 Å². The van der Waals surface area contributed by atoms with E-state index in [-0.39, 0.29) is 24.3 Å². The largest absolute Gasteiger partial charge is 0.453 e. The zero-order valence-electron chi connectivity index (χ0n) is 28.6. The number of nitrogens with one attached hydrogen (secondary N) is 4. The van der Waals surface area contributed by atoms with E-state index in [0.29, 0.717) is 38.5 Å². The third-order valence-corrected chi connectivity index (χ3v) is 8.97. The second kappa shape index (κ2) is 14.9. The van der Waals surface area contributed by atoms with Gasteiger partial charge >= 0.3 is 6.09 Å². The van der Waals surface area contributed by atoms with E-state index >= 15 is 0 Å². The van der Waals surface area contributed by atoms with E-state index in [1.165, 1.54) is 12.7 Å². The Morgan fingerprint density at radius 3 is 2.20 bits per heavy atom. The van der Waals surface area contributed by atoms with Crippen molar-refractivity contribution >= 4 is 62.9 Å². The summed E-state index contributed by atoms with van der Waals surface area (Å²) < 4.78 is 4.59. The topological polar surface area (TPSA) is 148 Å². The number of fused-ring (bicyclic) bond motifs is 6. The molecule has 0 saturated carbocycles. The molecule has 12 heteroatoms. The van der Waals surface area contributed by atoms with Crippen LogP contribution >= 0.6 is 0 Å². The smallest absolute Gasteiger partial charge is 0.407 e. The van der Waals surface area contributed by atoms with Crippen molar-refractivity contribution in [3.63, 3.8) is 0 Å². The van der Waals surface area contributed by atoms with Crippen molar-refractivity contribution < 1.29 is 19.1 Å². The molecule has 256 valence electrons. The number of likely N-dealkylation sites (N-methyl/N-ethyl adjacent to an activating group) is 1. The molecular weight excluding hydrogens is 620 g/mol. The standard InChI is InChI=1S/C37H44N8O4/c1-5-15-44(33(46)19-38-3)21-31-40-29-13-9-25-17-23(7-11-27(25)35(29)42-31)24-8-12-28-26(18-24)10-14-30-36(28)43-32(41-30)22-45(16-6-2)34(47)20-39-37(48)49-4/h8-14,17-18,23,38H,5-7,15-16,19-22H2,1-4H3,(H,39,48)(H,40,42)(H,41,43). The van der Waals surface area contributed by atoms with Crippen molar-refractivity contribution in [2.24, 2.45) is 0 Å². The number of ether oxygens (including phenoxy) is 1. The van der Waals surface area contributed by atoms with Crippen molar-refractivity contribution in [3.8, 4) is 0 Å². The zero-order valence-corrected chi connectivity index (χ0v) is 28.6. The van der Waals surface area contributed by atoms with Gasteiger partial charge in [0.15, 0.2) is 0 Å². The highest BCUT2D eigenvalue weighted by atomic mass is 16.5. The van der Waals surface area contributed by atoms with Crippen LogP contribution in [0.5, 0.6) is 0 Å². The maximum Gasteiger partial charge on any atom is 0.407 e. The molecule has 1 aliphatic carbocycles. The van der Waals surface area contributed by atoms with E-state index in [2.05, 4.69) is 80.8 Å². The number of imidazole rings is 2. The molecule has 0 aliphatic heterocycles. The summed E-state index contributed by atoms with van der Waals surface area (Å²) in [6.07, 6.45) is 6.48. The first-order valence-electron chi connectivity index (χ1n) is 16.9. The predicted molar refractivity (Wildman–Crippen MR) is 191 cm³/mol. The van der Waals surface area contributed by atoms with Gasteiger partial charge in [0.25, 0.3) is 0 Å². The molecule has 2 aromatic heterocycles. The molecule has 2 heterocycles. The second-order valence-electron chi connectivity index (χ2n) is 12.5. The van der Waals surface area contributed by atoms with Crippen LogP contribution in [0.1, 0.15) is 56.2 Å². The van der Waals surface area contributed by atoms with Gasteiger partial charge in [0.05, 0.1) is 48.8 Å². The summed E-state index contributed by atoms with van der Waals surface area (Å²) >= 11 is 0. The molecule has 12 nitrogen and oxygen atoms in total. The number of carbonyl (C=O) groups is 3. The van der Waals surface area contributed by atoms with Gasteiger partial charge in [0.2, 0.25) is 11.8 Å². The minimum atomic E-state index is -0.638. The minimum Gasteiger partial charge on any atom is -0.453 e. The van der Waals surface area contributed by atoms with Crippen LogP contribution in [-0.2, 0) is 27.4 Å². The predicted octanol–water partition coefficient (Wildman–Crippen LogP) is 3.39. The molecule has 3 aromatic carbocycles. The fourth-order valence-corrected chi connectivity index (χ4v) is 6.62. The maximum absolute atomic E-state index is 12.8. The van der Waals surface area contributed by atoms with Crippen LogP contribution in [0, 0.1) is 0 Å². The molecule has 1 aliphatic rings. The molecule has 6 rings (SSSR count). The summed E-state index contributed by atoms with van der Waals surface area (Å²) in [5.41, 5.74) is 4.91. The second-order valence-corrected chi connectivity index (χ2v) is 12.5. The molecule has 49 heavy (non-hydrogen) atoms. The van der Waals surface area contributed by atoms with Gasteiger partial charge in [-0.05, 0) is 54.6 Å². The average molecular weight is 665 g/mol. The van der Waals surface area contributed by atoms with Crippen molar-refractivity contribution in [1.82, 2.24) is 40.4 Å². The summed E-state index contributed by atoms with van der Waals surface area (Å²) in [6.45, 7) is 6.25. The highest BCUT2D eigenvalue weighted by molar-refractivity contribution is 6.04. The number of carbonyl (C=O) groups excluding carboxylic acids is 3. The first-order chi connectivity index (χ1) is 23.8. The van der Waals surface area contributed by atoms with Crippen molar-refractivity contribution in [2.75, 3.05) is 40.3 Å². The van der Waals surface area contributed by atoms with Gasteiger partial charge in [-0.2, -0.15) is 0 Å². The van der Waals surface area contributed by atoms with Gasteiger partial charge in [-0.1, -0.05) is 56.3 Å². The quantitative estimate of drug-likeness (QED) is 0.151. The van der Waals surface area contributed by atoms with Gasteiger partial charge in [0.1, 0.15) is 18.2 Å². The molecule has 0 spiro atoms. The number of nitrogens with zero attached hydrogens (tertiary/aromatic N) is 4. The third kappa shape index (κ3) is 7.29. The van der Waals surface area contributed by atoms with Crippen LogP contribution < -0.4 is 21.1 Å². The fourth-order valence-electron chi connectivity index (χ4n) is 6.62. The lowest BCUT2D eigenvalue weighted by molar-refractivity contribution is -0.131. The van der Waals surface area contributed by atoms with Crippen LogP contribution in [-0.4, -0.2) is 88.0 Å². The van der Waals surface area contributed by atoms with Gasteiger partial charge < -0.3 is 35.1 Å². The summed E-state index contributed by atoms with van der Waals surface area (Å²) in [5, 5.41) is 9.84. The van der Waals surface area contributed by atoms with Gasteiger partial charge in [-0.25, -0.2) is 14.8 Å².